The number of fused-ring (bicyclic) bond motifs is 1. The molecule has 11 heteroatoms. The molecule has 3 aromatic rings. The molecule has 1 aliphatic heterocycles. The maximum atomic E-state index is 12.7. The number of aliphatic hydroxyl groups is 1. The fourth-order valence-corrected chi connectivity index (χ4v) is 5.10. The smallest absolute Gasteiger partial charge is 0.272 e. The van der Waals surface area contributed by atoms with E-state index in [1.54, 1.807) is 29.5 Å². The zero-order valence-corrected chi connectivity index (χ0v) is 23.3. The molecule has 1 aliphatic rings. The monoisotopic (exact) mass is 557 g/mol. The Hall–Kier alpha value is -3.62. The van der Waals surface area contributed by atoms with Crippen LogP contribution >= 0.6 is 11.3 Å². The highest BCUT2D eigenvalue weighted by Gasteiger charge is 2.26. The number of alkyl halides is 2. The normalized spacial score (nSPS) is 13.8. The molecule has 1 fully saturated rings. The van der Waals surface area contributed by atoms with Crippen molar-refractivity contribution in [2.75, 3.05) is 18.4 Å². The first kappa shape index (κ1) is 29.9. The third-order valence-electron chi connectivity index (χ3n) is 6.91. The molecule has 2 amide bonds. The first-order chi connectivity index (χ1) is 18.6. The highest BCUT2D eigenvalue weighted by molar-refractivity contribution is 7.14. The zero-order chi connectivity index (χ0) is 28.7. The second-order valence-electron chi connectivity index (χ2n) is 9.21. The molecule has 208 valence electrons. The van der Waals surface area contributed by atoms with Crippen LogP contribution in [-0.2, 0) is 17.4 Å². The Kier molecular flexibility index (Phi) is 9.94. The maximum absolute atomic E-state index is 12.7. The number of halogens is 2. The van der Waals surface area contributed by atoms with Gasteiger partial charge in [-0.15, -0.1) is 11.3 Å². The van der Waals surface area contributed by atoms with E-state index in [-0.39, 0.29) is 21.2 Å². The summed E-state index contributed by atoms with van der Waals surface area (Å²) >= 11 is 0.761. The number of carbonyl (C=O) groups is 2. The number of anilines is 1. The molecule has 2 N–H and O–H groups in total. The third kappa shape index (κ3) is 6.69. The van der Waals surface area contributed by atoms with Gasteiger partial charge < -0.3 is 14.6 Å². The van der Waals surface area contributed by atoms with E-state index in [1.807, 2.05) is 38.1 Å². The molecular formula is C28H33F2N5O3S. The summed E-state index contributed by atoms with van der Waals surface area (Å²) in [6.07, 6.45) is 2.26. The average molecular weight is 558 g/mol. The molecule has 4 rings (SSSR count). The van der Waals surface area contributed by atoms with E-state index in [0.29, 0.717) is 24.3 Å². The van der Waals surface area contributed by atoms with Crippen molar-refractivity contribution < 1.29 is 23.5 Å². The first-order valence-electron chi connectivity index (χ1n) is 12.8. The largest absolute Gasteiger partial charge is 0.385 e. The molecule has 0 spiro atoms. The Morgan fingerprint density at radius 3 is 2.44 bits per heavy atom. The lowest BCUT2D eigenvalue weighted by molar-refractivity contribution is -0.125. The van der Waals surface area contributed by atoms with Crippen LogP contribution < -0.4 is 5.32 Å². The lowest BCUT2D eigenvalue weighted by atomic mass is 9.88. The molecule has 2 aromatic heterocycles. The van der Waals surface area contributed by atoms with Gasteiger partial charge in [0.25, 0.3) is 18.2 Å². The molecule has 0 bridgehead atoms. The highest BCUT2D eigenvalue weighted by Crippen LogP contribution is 2.32. The summed E-state index contributed by atoms with van der Waals surface area (Å²) in [4.78, 5) is 30.0. The fourth-order valence-electron chi connectivity index (χ4n) is 4.34. The zero-order valence-electron chi connectivity index (χ0n) is 22.5. The summed E-state index contributed by atoms with van der Waals surface area (Å²) in [7, 11) is 1.76. The van der Waals surface area contributed by atoms with Gasteiger partial charge in [0.2, 0.25) is 5.95 Å². The van der Waals surface area contributed by atoms with Crippen molar-refractivity contribution in [1.82, 2.24) is 14.5 Å². The summed E-state index contributed by atoms with van der Waals surface area (Å²) in [6.45, 7) is 7.17. The van der Waals surface area contributed by atoms with Gasteiger partial charge in [-0.3, -0.25) is 14.9 Å². The Morgan fingerprint density at radius 2 is 1.90 bits per heavy atom. The predicted octanol–water partition coefficient (Wildman–Crippen LogP) is 5.91. The number of aryl methyl sites for hydroxylation is 1. The second kappa shape index (κ2) is 13.0. The number of carbonyl (C=O) groups excluding carboxylic acids is 2. The molecule has 8 nitrogen and oxygen atoms in total. The summed E-state index contributed by atoms with van der Waals surface area (Å²) < 4.78 is 27.1. The molecule has 1 aromatic carbocycles. The Bertz CT molecular complexity index is 1400. The fraction of sp³-hybridized carbons (Fsp3) is 0.429. The summed E-state index contributed by atoms with van der Waals surface area (Å²) in [5.74, 6) is -0.280. The van der Waals surface area contributed by atoms with Gasteiger partial charge in [0.15, 0.2) is 0 Å². The van der Waals surface area contributed by atoms with Crippen molar-refractivity contribution in [2.24, 2.45) is 7.05 Å². The first-order valence-corrected chi connectivity index (χ1v) is 13.6. The molecule has 3 heterocycles. The molecule has 0 radical (unpaired) electrons. The number of imidazole rings is 1. The third-order valence-corrected chi connectivity index (χ3v) is 8.00. The van der Waals surface area contributed by atoms with E-state index in [0.717, 1.165) is 48.3 Å². The van der Waals surface area contributed by atoms with Gasteiger partial charge in [-0.1, -0.05) is 26.0 Å². The van der Waals surface area contributed by atoms with Crippen LogP contribution in [0.5, 0.6) is 0 Å². The van der Waals surface area contributed by atoms with Crippen molar-refractivity contribution >= 4 is 40.1 Å². The minimum Gasteiger partial charge on any atom is -0.385 e. The topological polar surface area (TPSA) is 111 Å². The number of allylic oxidation sites excluding steroid dienone is 1. The van der Waals surface area contributed by atoms with Crippen LogP contribution in [0.3, 0.4) is 0 Å². The van der Waals surface area contributed by atoms with Gasteiger partial charge in [-0.2, -0.15) is 5.26 Å². The van der Waals surface area contributed by atoms with Crippen molar-refractivity contribution in [3.8, 4) is 6.07 Å². The maximum Gasteiger partial charge on any atom is 0.272 e. The van der Waals surface area contributed by atoms with E-state index in [2.05, 4.69) is 10.3 Å². The number of nitriles is 1. The number of rotatable bonds is 7. The molecule has 1 saturated heterocycles. The number of benzene rings is 1. The number of thiophene rings is 1. The number of hydrogen-bond acceptors (Lipinski definition) is 6. The van der Waals surface area contributed by atoms with Crippen LogP contribution in [0.25, 0.3) is 11.0 Å². The number of nitrogens with zero attached hydrogens (tertiary/aromatic N) is 4. The Labute approximate surface area is 230 Å². The van der Waals surface area contributed by atoms with Crippen LogP contribution in [0.4, 0.5) is 14.7 Å². The van der Waals surface area contributed by atoms with Crippen molar-refractivity contribution in [1.29, 1.82) is 5.26 Å². The van der Waals surface area contributed by atoms with Gasteiger partial charge in [0.1, 0.15) is 11.6 Å². The standard InChI is InChI=1S/C19H21F2N3O2S.C9H12N2O/c1-4-19(26,5-2)11-6-7-13-12(10-11)22-18(24(13)3)23-17(25)15-9-8-14(27-15)16(20)21;1-2-8(7-10)9(12)11-5-3-4-6-11/h6-10,16,26H,4-5H2,1-3H3,(H,22,23,25);2H,3-6H2,1H3/b;8-2+. The predicted molar refractivity (Wildman–Crippen MR) is 148 cm³/mol. The molecule has 0 aliphatic carbocycles. The quantitative estimate of drug-likeness (QED) is 0.277. The molecule has 0 unspecified atom stereocenters. The number of amides is 2. The average Bonchev–Trinajstić information content (AvgIpc) is 3.70. The lowest BCUT2D eigenvalue weighted by Crippen LogP contribution is -2.28. The van der Waals surface area contributed by atoms with Crippen molar-refractivity contribution in [2.45, 2.75) is 58.5 Å². The van der Waals surface area contributed by atoms with E-state index in [9.17, 15) is 23.5 Å². The number of aromatic nitrogens is 2. The lowest BCUT2D eigenvalue weighted by Gasteiger charge is -2.25. The van der Waals surface area contributed by atoms with Gasteiger partial charge in [0, 0.05) is 20.1 Å². The van der Waals surface area contributed by atoms with Gasteiger partial charge >= 0.3 is 0 Å². The molecule has 0 atom stereocenters. The second-order valence-corrected chi connectivity index (χ2v) is 10.3. The minimum absolute atomic E-state index is 0.113. The molecule has 0 saturated carbocycles. The van der Waals surface area contributed by atoms with E-state index in [1.165, 1.54) is 12.1 Å². The van der Waals surface area contributed by atoms with E-state index >= 15 is 0 Å². The van der Waals surface area contributed by atoms with Gasteiger partial charge in [-0.05, 0) is 62.4 Å². The highest BCUT2D eigenvalue weighted by atomic mass is 32.1. The summed E-state index contributed by atoms with van der Waals surface area (Å²) in [5, 5.41) is 22.0. The van der Waals surface area contributed by atoms with Crippen LogP contribution in [0.1, 0.15) is 73.0 Å². The number of nitrogens with one attached hydrogen (secondary N) is 1. The Balaban J connectivity index is 0.000000293. The summed E-state index contributed by atoms with van der Waals surface area (Å²) in [6, 6.07) is 10.1. The Morgan fingerprint density at radius 1 is 1.23 bits per heavy atom. The van der Waals surface area contributed by atoms with Crippen molar-refractivity contribution in [3.63, 3.8) is 0 Å². The van der Waals surface area contributed by atoms with Crippen LogP contribution in [0.2, 0.25) is 0 Å². The van der Waals surface area contributed by atoms with Crippen LogP contribution in [-0.4, -0.2) is 44.5 Å². The van der Waals surface area contributed by atoms with E-state index in [4.69, 9.17) is 5.26 Å². The number of hydrogen-bond donors (Lipinski definition) is 2. The van der Waals surface area contributed by atoms with Crippen LogP contribution in [0, 0.1) is 11.3 Å². The SMILES string of the molecule is C/C=C(\C#N)C(=O)N1CCCC1.CCC(O)(CC)c1ccc2c(c1)nc(NC(=O)c1ccc(C(F)F)s1)n2C. The molecule has 39 heavy (non-hydrogen) atoms. The molecular weight excluding hydrogens is 524 g/mol. The van der Waals surface area contributed by atoms with Crippen LogP contribution in [0.15, 0.2) is 42.0 Å². The summed E-state index contributed by atoms with van der Waals surface area (Å²) in [5.41, 5.74) is 1.55. The van der Waals surface area contributed by atoms with Gasteiger partial charge in [-0.25, -0.2) is 13.8 Å². The van der Waals surface area contributed by atoms with Crippen molar-refractivity contribution in [3.05, 3.63) is 57.3 Å². The van der Waals surface area contributed by atoms with Gasteiger partial charge in [0.05, 0.1) is 26.4 Å². The number of likely N-dealkylation sites (tertiary alicyclic amines) is 1. The van der Waals surface area contributed by atoms with E-state index < -0.39 is 17.9 Å². The minimum atomic E-state index is -2.60.